The highest BCUT2D eigenvalue weighted by molar-refractivity contribution is 7.17. The van der Waals surface area contributed by atoms with Crippen molar-refractivity contribution in [3.63, 3.8) is 0 Å². The van der Waals surface area contributed by atoms with Crippen molar-refractivity contribution in [2.75, 3.05) is 0 Å². The van der Waals surface area contributed by atoms with Crippen LogP contribution >= 0.6 is 11.3 Å². The Bertz CT molecular complexity index is 503. The fourth-order valence-electron chi connectivity index (χ4n) is 1.17. The van der Waals surface area contributed by atoms with Crippen LogP contribution in [0.25, 0.3) is 5.69 Å². The largest absolute Gasteiger partial charge is 0.348 e. The molecule has 0 radical (unpaired) electrons. The standard InChI is InChI=1S/C8H5N3O3S/c12-4-6-3-7(8(15-6)11(13)14)10-2-1-9-5-10/h1-5H. The molecule has 2 heterocycles. The Morgan fingerprint density at radius 1 is 1.60 bits per heavy atom. The van der Waals surface area contributed by atoms with Crippen LogP contribution in [-0.2, 0) is 0 Å². The molecule has 0 bridgehead atoms. The molecule has 0 aliphatic heterocycles. The first-order chi connectivity index (χ1) is 7.22. The SMILES string of the molecule is O=Cc1cc(-n2ccnc2)c([N+](=O)[O-])s1. The number of carbonyl (C=O) groups excluding carboxylic acids is 1. The monoisotopic (exact) mass is 223 g/mol. The predicted octanol–water partition coefficient (Wildman–Crippen LogP) is 1.65. The fraction of sp³-hybridized carbons (Fsp3) is 0. The van der Waals surface area contributed by atoms with Crippen molar-refractivity contribution in [3.05, 3.63) is 39.8 Å². The predicted molar refractivity (Wildman–Crippen MR) is 53.5 cm³/mol. The lowest BCUT2D eigenvalue weighted by atomic mass is 10.4. The van der Waals surface area contributed by atoms with Crippen molar-refractivity contribution in [1.82, 2.24) is 9.55 Å². The molecule has 0 N–H and O–H groups in total. The normalized spacial score (nSPS) is 10.1. The first-order valence-corrected chi connectivity index (χ1v) is 4.75. The third-order valence-electron chi connectivity index (χ3n) is 1.78. The Hall–Kier alpha value is -2.02. The summed E-state index contributed by atoms with van der Waals surface area (Å²) in [6.45, 7) is 0. The molecular weight excluding hydrogens is 218 g/mol. The molecule has 0 fully saturated rings. The van der Waals surface area contributed by atoms with Crippen molar-refractivity contribution in [2.45, 2.75) is 0 Å². The van der Waals surface area contributed by atoms with Gasteiger partial charge in [-0.3, -0.25) is 19.5 Å². The minimum atomic E-state index is -0.507. The van der Waals surface area contributed by atoms with Crippen LogP contribution in [0.4, 0.5) is 5.00 Å². The van der Waals surface area contributed by atoms with Crippen LogP contribution in [0, 0.1) is 10.1 Å². The molecule has 15 heavy (non-hydrogen) atoms. The van der Waals surface area contributed by atoms with Crippen molar-refractivity contribution >= 4 is 22.6 Å². The maximum Gasteiger partial charge on any atom is 0.348 e. The number of thiophene rings is 1. The molecule has 0 unspecified atom stereocenters. The van der Waals surface area contributed by atoms with E-state index in [2.05, 4.69) is 4.98 Å². The number of carbonyl (C=O) groups is 1. The summed E-state index contributed by atoms with van der Waals surface area (Å²) in [5.74, 6) is 0. The van der Waals surface area contributed by atoms with Crippen molar-refractivity contribution in [1.29, 1.82) is 0 Å². The van der Waals surface area contributed by atoms with Gasteiger partial charge in [-0.05, 0) is 6.07 Å². The topological polar surface area (TPSA) is 78.0 Å². The van der Waals surface area contributed by atoms with E-state index in [-0.39, 0.29) is 5.00 Å². The molecule has 0 spiro atoms. The second-order valence-corrected chi connectivity index (χ2v) is 3.75. The van der Waals surface area contributed by atoms with Crippen LogP contribution in [0.3, 0.4) is 0 Å². The van der Waals surface area contributed by atoms with Crippen LogP contribution in [0.1, 0.15) is 9.67 Å². The molecule has 7 heteroatoms. The summed E-state index contributed by atoms with van der Waals surface area (Å²) < 4.78 is 1.50. The number of imidazole rings is 1. The Morgan fingerprint density at radius 2 is 2.40 bits per heavy atom. The fourth-order valence-corrected chi connectivity index (χ4v) is 1.95. The van der Waals surface area contributed by atoms with E-state index in [0.717, 1.165) is 11.3 Å². The Morgan fingerprint density at radius 3 is 2.93 bits per heavy atom. The molecule has 0 aromatic carbocycles. The van der Waals surface area contributed by atoms with E-state index in [9.17, 15) is 14.9 Å². The summed E-state index contributed by atoms with van der Waals surface area (Å²) in [5.41, 5.74) is 0.365. The quantitative estimate of drug-likeness (QED) is 0.450. The number of aromatic nitrogens is 2. The zero-order valence-electron chi connectivity index (χ0n) is 7.36. The summed E-state index contributed by atoms with van der Waals surface area (Å²) >= 11 is 0.850. The third kappa shape index (κ3) is 1.64. The van der Waals surface area contributed by atoms with E-state index in [0.29, 0.717) is 16.9 Å². The molecule has 0 saturated carbocycles. The van der Waals surface area contributed by atoms with E-state index in [1.807, 2.05) is 0 Å². The summed E-state index contributed by atoms with van der Waals surface area (Å²) in [6.07, 6.45) is 5.15. The Balaban J connectivity index is 2.59. The van der Waals surface area contributed by atoms with Crippen molar-refractivity contribution < 1.29 is 9.72 Å². The molecule has 0 aliphatic carbocycles. The van der Waals surface area contributed by atoms with Crippen LogP contribution in [0.15, 0.2) is 24.8 Å². The van der Waals surface area contributed by atoms with E-state index >= 15 is 0 Å². The lowest BCUT2D eigenvalue weighted by Crippen LogP contribution is -1.93. The summed E-state index contributed by atoms with van der Waals surface area (Å²) in [7, 11) is 0. The van der Waals surface area contributed by atoms with Crippen molar-refractivity contribution in [2.24, 2.45) is 0 Å². The smallest absolute Gasteiger partial charge is 0.299 e. The Labute approximate surface area is 87.9 Å². The number of aldehydes is 1. The second-order valence-electron chi connectivity index (χ2n) is 2.68. The first-order valence-electron chi connectivity index (χ1n) is 3.94. The number of nitro groups is 1. The lowest BCUT2D eigenvalue weighted by Gasteiger charge is -1.95. The maximum absolute atomic E-state index is 10.7. The molecule has 2 rings (SSSR count). The maximum atomic E-state index is 10.7. The van der Waals surface area contributed by atoms with Gasteiger partial charge in [-0.25, -0.2) is 4.98 Å². The van der Waals surface area contributed by atoms with Gasteiger partial charge in [0.15, 0.2) is 6.29 Å². The van der Waals surface area contributed by atoms with E-state index in [1.54, 1.807) is 6.20 Å². The van der Waals surface area contributed by atoms with E-state index < -0.39 is 4.92 Å². The van der Waals surface area contributed by atoms with Gasteiger partial charge in [0.2, 0.25) is 0 Å². The number of rotatable bonds is 3. The van der Waals surface area contributed by atoms with Gasteiger partial charge in [0.05, 0.1) is 16.1 Å². The van der Waals surface area contributed by atoms with Gasteiger partial charge in [0.25, 0.3) is 0 Å². The summed E-state index contributed by atoms with van der Waals surface area (Å²) in [6, 6.07) is 1.47. The lowest BCUT2D eigenvalue weighted by molar-refractivity contribution is -0.379. The third-order valence-corrected chi connectivity index (χ3v) is 2.78. The molecule has 0 amide bonds. The van der Waals surface area contributed by atoms with Crippen LogP contribution < -0.4 is 0 Å². The van der Waals surface area contributed by atoms with Crippen LogP contribution in [0.5, 0.6) is 0 Å². The van der Waals surface area contributed by atoms with Crippen LogP contribution in [0.2, 0.25) is 0 Å². The molecule has 0 atom stereocenters. The summed E-state index contributed by atoms with van der Waals surface area (Å²) in [5, 5.41) is 10.7. The number of hydrogen-bond donors (Lipinski definition) is 0. The highest BCUT2D eigenvalue weighted by Gasteiger charge is 2.19. The van der Waals surface area contributed by atoms with E-state index in [4.69, 9.17) is 0 Å². The van der Waals surface area contributed by atoms with Gasteiger partial charge in [-0.1, -0.05) is 11.3 Å². The molecule has 0 saturated heterocycles. The van der Waals surface area contributed by atoms with E-state index in [1.165, 1.54) is 23.2 Å². The van der Waals surface area contributed by atoms with Crippen LogP contribution in [-0.4, -0.2) is 20.8 Å². The van der Waals surface area contributed by atoms with Gasteiger partial charge < -0.3 is 0 Å². The molecular formula is C8H5N3O3S. The minimum absolute atomic E-state index is 0.0601. The first kappa shape index (κ1) is 9.53. The minimum Gasteiger partial charge on any atom is -0.299 e. The molecule has 76 valence electrons. The van der Waals surface area contributed by atoms with Gasteiger partial charge in [0.1, 0.15) is 5.69 Å². The highest BCUT2D eigenvalue weighted by atomic mass is 32.1. The highest BCUT2D eigenvalue weighted by Crippen LogP contribution is 2.31. The van der Waals surface area contributed by atoms with Crippen molar-refractivity contribution in [3.8, 4) is 5.69 Å². The number of hydrogen-bond acceptors (Lipinski definition) is 5. The van der Waals surface area contributed by atoms with Gasteiger partial charge in [0, 0.05) is 12.4 Å². The molecule has 2 aromatic heterocycles. The van der Waals surface area contributed by atoms with Gasteiger partial charge in [-0.2, -0.15) is 0 Å². The zero-order valence-corrected chi connectivity index (χ0v) is 8.18. The zero-order chi connectivity index (χ0) is 10.8. The van der Waals surface area contributed by atoms with Gasteiger partial charge >= 0.3 is 5.00 Å². The molecule has 6 nitrogen and oxygen atoms in total. The molecule has 0 aliphatic rings. The summed E-state index contributed by atoms with van der Waals surface area (Å²) in [4.78, 5) is 24.8. The Kier molecular flexibility index (Phi) is 2.30. The second kappa shape index (κ2) is 3.62. The average Bonchev–Trinajstić information content (AvgIpc) is 2.86. The van der Waals surface area contributed by atoms with Gasteiger partial charge in [-0.15, -0.1) is 0 Å². The molecule has 2 aromatic rings. The average molecular weight is 223 g/mol. The number of nitrogens with zero attached hydrogens (tertiary/aromatic N) is 3.